The Morgan fingerprint density at radius 1 is 1.18 bits per heavy atom. The summed E-state index contributed by atoms with van der Waals surface area (Å²) in [6.45, 7) is 2.03. The smallest absolute Gasteiger partial charge is 0.252 e. The first kappa shape index (κ1) is 18.1. The first-order valence-corrected chi connectivity index (χ1v) is 10.2. The van der Waals surface area contributed by atoms with Gasteiger partial charge in [-0.05, 0) is 37.0 Å². The van der Waals surface area contributed by atoms with Crippen LogP contribution in [-0.2, 0) is 16.1 Å². The number of piperazine rings is 1. The van der Waals surface area contributed by atoms with Gasteiger partial charge in [0.05, 0.1) is 25.8 Å². The summed E-state index contributed by atoms with van der Waals surface area (Å²) in [6, 6.07) is 7.66. The van der Waals surface area contributed by atoms with Crippen LogP contribution in [0.1, 0.15) is 31.2 Å². The number of imide groups is 1. The van der Waals surface area contributed by atoms with Crippen LogP contribution >= 0.6 is 0 Å². The summed E-state index contributed by atoms with van der Waals surface area (Å²) in [5, 5.41) is 10.2. The van der Waals surface area contributed by atoms with Gasteiger partial charge in [-0.3, -0.25) is 24.3 Å². The van der Waals surface area contributed by atoms with Crippen molar-refractivity contribution >= 4 is 11.8 Å². The van der Waals surface area contributed by atoms with E-state index in [4.69, 9.17) is 4.74 Å². The molecule has 1 aromatic rings. The van der Waals surface area contributed by atoms with E-state index in [0.29, 0.717) is 32.1 Å². The van der Waals surface area contributed by atoms with Gasteiger partial charge in [0, 0.05) is 25.7 Å². The number of fused-ring (bicyclic) bond motifs is 2. The van der Waals surface area contributed by atoms with Crippen molar-refractivity contribution in [2.45, 2.75) is 56.0 Å². The maximum absolute atomic E-state index is 13.5. The van der Waals surface area contributed by atoms with Crippen LogP contribution in [0.4, 0.5) is 0 Å². The normalized spacial score (nSPS) is 30.3. The maximum atomic E-state index is 13.5. The van der Waals surface area contributed by atoms with Gasteiger partial charge >= 0.3 is 0 Å². The number of carbonyl (C=O) groups excluding carboxylic acids is 2. The Morgan fingerprint density at radius 2 is 1.89 bits per heavy atom. The van der Waals surface area contributed by atoms with Crippen LogP contribution in [0.3, 0.4) is 0 Å². The van der Waals surface area contributed by atoms with Crippen LogP contribution in [0.15, 0.2) is 24.3 Å². The number of likely N-dealkylation sites (tertiary alicyclic amines) is 1. The molecule has 3 aliphatic heterocycles. The minimum absolute atomic E-state index is 0.103. The van der Waals surface area contributed by atoms with Gasteiger partial charge in [0.25, 0.3) is 5.91 Å². The number of aliphatic hydroxyl groups excluding tert-OH is 1. The summed E-state index contributed by atoms with van der Waals surface area (Å²) in [4.78, 5) is 32.4. The van der Waals surface area contributed by atoms with Crippen molar-refractivity contribution in [3.8, 4) is 5.75 Å². The highest BCUT2D eigenvalue weighted by Gasteiger charge is 2.65. The van der Waals surface area contributed by atoms with Gasteiger partial charge < -0.3 is 9.84 Å². The van der Waals surface area contributed by atoms with Crippen molar-refractivity contribution in [2.24, 2.45) is 0 Å². The largest absolute Gasteiger partial charge is 0.497 e. The Balaban J connectivity index is 1.41. The molecule has 2 amide bonds. The fourth-order valence-electron chi connectivity index (χ4n) is 5.19. The molecular weight excluding hydrogens is 358 g/mol. The maximum Gasteiger partial charge on any atom is 0.252 e. The van der Waals surface area contributed by atoms with Gasteiger partial charge in [-0.2, -0.15) is 0 Å². The zero-order chi connectivity index (χ0) is 19.5. The topological polar surface area (TPSA) is 73.3 Å². The monoisotopic (exact) mass is 385 g/mol. The SMILES string of the molecule is COc1ccc(CN2C(=O)C3CC(O)CN3C3(CN(C4CCC4)C3)C2=O)cc1. The molecular formula is C21H27N3O4. The van der Waals surface area contributed by atoms with E-state index < -0.39 is 17.7 Å². The van der Waals surface area contributed by atoms with Crippen molar-refractivity contribution in [3.63, 3.8) is 0 Å². The highest BCUT2D eigenvalue weighted by atomic mass is 16.5. The Kier molecular flexibility index (Phi) is 4.23. The Hall–Kier alpha value is -1.96. The van der Waals surface area contributed by atoms with Gasteiger partial charge in [0.15, 0.2) is 0 Å². The van der Waals surface area contributed by atoms with Gasteiger partial charge in [0.1, 0.15) is 11.3 Å². The minimum atomic E-state index is -0.655. The molecule has 28 heavy (non-hydrogen) atoms. The lowest BCUT2D eigenvalue weighted by atomic mass is 9.78. The van der Waals surface area contributed by atoms with Gasteiger partial charge in [-0.25, -0.2) is 0 Å². The number of aliphatic hydroxyl groups is 1. The second-order valence-corrected chi connectivity index (χ2v) is 8.66. The molecule has 4 fully saturated rings. The predicted molar refractivity (Wildman–Crippen MR) is 102 cm³/mol. The Morgan fingerprint density at radius 3 is 2.50 bits per heavy atom. The van der Waals surface area contributed by atoms with Gasteiger partial charge in [-0.15, -0.1) is 0 Å². The van der Waals surface area contributed by atoms with Crippen LogP contribution in [0.5, 0.6) is 5.75 Å². The molecule has 2 atom stereocenters. The molecule has 7 nitrogen and oxygen atoms in total. The molecule has 4 aliphatic rings. The van der Waals surface area contributed by atoms with Crippen LogP contribution in [0, 0.1) is 0 Å². The third-order valence-corrected chi connectivity index (χ3v) is 7.04. The molecule has 2 unspecified atom stereocenters. The molecule has 0 bridgehead atoms. The van der Waals surface area contributed by atoms with E-state index in [2.05, 4.69) is 4.90 Å². The number of methoxy groups -OCH3 is 1. The molecule has 3 saturated heterocycles. The van der Waals surface area contributed by atoms with Crippen molar-refractivity contribution < 1.29 is 19.4 Å². The second-order valence-electron chi connectivity index (χ2n) is 8.66. The number of β-amino-alcohol motifs (C(OH)–C–C–N with tert-alkyl or cyclic N) is 1. The van der Waals surface area contributed by atoms with Crippen molar-refractivity contribution in [1.82, 2.24) is 14.7 Å². The van der Waals surface area contributed by atoms with Gasteiger partial charge in [0.2, 0.25) is 5.91 Å². The van der Waals surface area contributed by atoms with Crippen LogP contribution in [0.2, 0.25) is 0 Å². The van der Waals surface area contributed by atoms with E-state index in [9.17, 15) is 14.7 Å². The summed E-state index contributed by atoms with van der Waals surface area (Å²) in [6.07, 6.45) is 3.53. The third kappa shape index (κ3) is 2.60. The zero-order valence-electron chi connectivity index (χ0n) is 16.2. The average Bonchev–Trinajstić information content (AvgIpc) is 3.01. The van der Waals surface area contributed by atoms with Crippen molar-refractivity contribution in [1.29, 1.82) is 0 Å². The number of rotatable bonds is 4. The molecule has 0 radical (unpaired) electrons. The number of amides is 2. The first-order chi connectivity index (χ1) is 13.5. The number of hydrogen-bond donors (Lipinski definition) is 1. The highest BCUT2D eigenvalue weighted by molar-refractivity contribution is 6.06. The van der Waals surface area contributed by atoms with Crippen molar-refractivity contribution in [3.05, 3.63) is 29.8 Å². The number of benzene rings is 1. The second kappa shape index (κ2) is 6.54. The fourth-order valence-corrected chi connectivity index (χ4v) is 5.19. The van der Waals surface area contributed by atoms with E-state index in [1.807, 2.05) is 29.2 Å². The first-order valence-electron chi connectivity index (χ1n) is 10.2. The molecule has 1 N–H and O–H groups in total. The lowest BCUT2D eigenvalue weighted by molar-refractivity contribution is -0.184. The molecule has 150 valence electrons. The van der Waals surface area contributed by atoms with Crippen LogP contribution in [0.25, 0.3) is 0 Å². The quantitative estimate of drug-likeness (QED) is 0.766. The molecule has 3 heterocycles. The molecule has 1 aromatic carbocycles. The summed E-state index contributed by atoms with van der Waals surface area (Å²) in [5.74, 6) is 0.469. The molecule has 1 aliphatic carbocycles. The number of carbonyl (C=O) groups is 2. The predicted octanol–water partition coefficient (Wildman–Crippen LogP) is 0.606. The van der Waals surface area contributed by atoms with E-state index in [0.717, 1.165) is 11.3 Å². The van der Waals surface area contributed by atoms with E-state index in [1.54, 1.807) is 7.11 Å². The minimum Gasteiger partial charge on any atom is -0.497 e. The molecule has 5 rings (SSSR count). The van der Waals surface area contributed by atoms with E-state index in [1.165, 1.54) is 24.2 Å². The summed E-state index contributed by atoms with van der Waals surface area (Å²) >= 11 is 0. The molecule has 0 aromatic heterocycles. The Bertz CT molecular complexity index is 785. The number of hydrogen-bond acceptors (Lipinski definition) is 6. The molecule has 1 saturated carbocycles. The number of ether oxygens (including phenoxy) is 1. The molecule has 1 spiro atoms. The molecule has 7 heteroatoms. The lowest BCUT2D eigenvalue weighted by Gasteiger charge is -2.61. The third-order valence-electron chi connectivity index (χ3n) is 7.04. The summed E-state index contributed by atoms with van der Waals surface area (Å²) in [5.41, 5.74) is 0.248. The average molecular weight is 385 g/mol. The fraction of sp³-hybridized carbons (Fsp3) is 0.619. The van der Waals surface area contributed by atoms with Crippen LogP contribution in [-0.4, -0.2) is 82.1 Å². The highest BCUT2D eigenvalue weighted by Crippen LogP contribution is 2.43. The van der Waals surface area contributed by atoms with Gasteiger partial charge in [-0.1, -0.05) is 18.6 Å². The standard InChI is InChI=1S/C21H27N3O4/c1-28-17-7-5-14(6-8-17)10-23-19(26)18-9-16(25)11-24(18)21(20(23)27)12-22(13-21)15-3-2-4-15/h5-8,15-16,18,25H,2-4,9-13H2,1H3. The van der Waals surface area contributed by atoms with E-state index in [-0.39, 0.29) is 18.4 Å². The van der Waals surface area contributed by atoms with E-state index >= 15 is 0 Å². The number of nitrogens with zero attached hydrogens (tertiary/aromatic N) is 3. The van der Waals surface area contributed by atoms with Crippen molar-refractivity contribution in [2.75, 3.05) is 26.7 Å². The van der Waals surface area contributed by atoms with Crippen LogP contribution < -0.4 is 4.74 Å². The lowest BCUT2D eigenvalue weighted by Crippen LogP contribution is -2.82. The zero-order valence-corrected chi connectivity index (χ0v) is 16.2. The summed E-state index contributed by atoms with van der Waals surface area (Å²) in [7, 11) is 1.61. The summed E-state index contributed by atoms with van der Waals surface area (Å²) < 4.78 is 5.19. The Labute approximate surface area is 164 Å².